The molecule has 1 aromatic carbocycles. The minimum atomic E-state index is -4.95. The van der Waals surface area contributed by atoms with Crippen LogP contribution < -0.4 is 0 Å². The smallest absolute Gasteiger partial charge is 0.392 e. The molecular formula is C19H18BF2N3O8S2. The van der Waals surface area contributed by atoms with E-state index in [9.17, 15) is 36.1 Å². The fraction of sp³-hybridized carbons (Fsp3) is 0.211. The van der Waals surface area contributed by atoms with Gasteiger partial charge < -0.3 is 17.6 Å². The van der Waals surface area contributed by atoms with Gasteiger partial charge in [-0.3, -0.25) is 19.2 Å². The molecule has 3 heterocycles. The molecule has 2 N–H and O–H groups in total. The molecular weight excluding hydrogens is 511 g/mol. The van der Waals surface area contributed by atoms with Crippen LogP contribution in [-0.4, -0.2) is 52.5 Å². The van der Waals surface area contributed by atoms with E-state index in [2.05, 4.69) is 0 Å². The van der Waals surface area contributed by atoms with E-state index in [-0.39, 0.29) is 39.4 Å². The standard InChI is InChI=1S/C19H18BF2N3O8S2/c1-9-16-15(13-5-7-14(8-6-13)25(26)27)17-10(2)19(35(31,32)33)12(4)24(17)20(21,22)23(16)11(3)18(9)34(28,29)30/h5-8H,1-4H3,(H,28,29,30)(H,31,32,33). The van der Waals surface area contributed by atoms with Crippen molar-refractivity contribution in [2.24, 2.45) is 0 Å². The van der Waals surface area contributed by atoms with Gasteiger partial charge in [-0.1, -0.05) is 0 Å². The molecule has 0 radical (unpaired) electrons. The van der Waals surface area contributed by atoms with Gasteiger partial charge in [-0.05, 0) is 44.0 Å². The van der Waals surface area contributed by atoms with Crippen LogP contribution in [0.1, 0.15) is 36.4 Å². The molecule has 2 aromatic rings. The second kappa shape index (κ2) is 7.40. The summed E-state index contributed by atoms with van der Waals surface area (Å²) in [5.74, 6) is 0. The van der Waals surface area contributed by atoms with Gasteiger partial charge >= 0.3 is 17.1 Å². The summed E-state index contributed by atoms with van der Waals surface area (Å²) in [6.45, 7) is -0.344. The summed E-state index contributed by atoms with van der Waals surface area (Å²) in [4.78, 5) is 8.97. The summed E-state index contributed by atoms with van der Waals surface area (Å²) in [7, 11) is -9.89. The molecule has 0 aliphatic carbocycles. The normalized spacial score (nSPS) is 17.7. The van der Waals surface area contributed by atoms with Crippen LogP contribution in [0, 0.1) is 24.0 Å². The van der Waals surface area contributed by atoms with Gasteiger partial charge in [0.15, 0.2) is 16.3 Å². The number of aromatic nitrogens is 1. The molecule has 2 aliphatic rings. The van der Waals surface area contributed by atoms with Gasteiger partial charge in [-0.15, -0.1) is 0 Å². The lowest BCUT2D eigenvalue weighted by Gasteiger charge is -2.33. The van der Waals surface area contributed by atoms with Gasteiger partial charge in [0.2, 0.25) is 0 Å². The maximum atomic E-state index is 16.1. The van der Waals surface area contributed by atoms with Crippen molar-refractivity contribution in [3.8, 4) is 0 Å². The number of rotatable bonds is 4. The Kier molecular flexibility index (Phi) is 5.26. The zero-order valence-corrected chi connectivity index (χ0v) is 20.3. The maximum Gasteiger partial charge on any atom is 0.737 e. The van der Waals surface area contributed by atoms with Crippen molar-refractivity contribution >= 4 is 44.2 Å². The number of nitro groups is 1. The molecule has 0 unspecified atom stereocenters. The molecule has 0 saturated carbocycles. The third kappa shape index (κ3) is 3.39. The van der Waals surface area contributed by atoms with Crippen molar-refractivity contribution in [2.75, 3.05) is 0 Å². The molecule has 0 saturated heterocycles. The fourth-order valence-electron chi connectivity index (χ4n) is 5.08. The molecule has 11 nitrogen and oxygen atoms in total. The molecule has 4 rings (SSSR count). The molecule has 1 aromatic heterocycles. The fourth-order valence-corrected chi connectivity index (χ4v) is 6.99. The maximum absolute atomic E-state index is 16.1. The summed E-state index contributed by atoms with van der Waals surface area (Å²) < 4.78 is 101. The number of benzene rings is 1. The summed E-state index contributed by atoms with van der Waals surface area (Å²) in [5, 5.41) is 11.1. The Hall–Kier alpha value is -3.21. The van der Waals surface area contributed by atoms with E-state index in [1.165, 1.54) is 26.0 Å². The van der Waals surface area contributed by atoms with Crippen LogP contribution in [0.5, 0.6) is 0 Å². The van der Waals surface area contributed by atoms with E-state index in [0.29, 0.717) is 8.96 Å². The number of nitrogens with zero attached hydrogens (tertiary/aromatic N) is 3. The number of allylic oxidation sites excluding steroid dienone is 2. The van der Waals surface area contributed by atoms with Gasteiger partial charge in [0.05, 0.1) is 10.5 Å². The van der Waals surface area contributed by atoms with E-state index < -0.39 is 53.3 Å². The van der Waals surface area contributed by atoms with Crippen molar-refractivity contribution < 1.29 is 44.0 Å². The number of fused-ring (bicyclic) bond motifs is 2. The van der Waals surface area contributed by atoms with E-state index >= 15 is 8.63 Å². The SMILES string of the molecule is CC1=C(S(=O)(=O)O)C(C)=[N+]2C1=C(c1ccc([N+](=O)[O-])cc1)c1c(C)c(S(=O)(=O)O)c(C)n1[B-]2(F)F. The third-order valence-corrected chi connectivity index (χ3v) is 8.47. The number of non-ortho nitro benzene ring substituents is 1. The molecule has 16 heteroatoms. The Morgan fingerprint density at radius 3 is 2.00 bits per heavy atom. The molecule has 0 bridgehead atoms. The number of halogens is 2. The van der Waals surface area contributed by atoms with E-state index in [0.717, 1.165) is 26.0 Å². The quantitative estimate of drug-likeness (QED) is 0.265. The molecule has 0 amide bonds. The monoisotopic (exact) mass is 529 g/mol. The van der Waals surface area contributed by atoms with Crippen molar-refractivity contribution in [3.63, 3.8) is 0 Å². The van der Waals surface area contributed by atoms with Crippen LogP contribution in [0.2, 0.25) is 0 Å². The molecule has 35 heavy (non-hydrogen) atoms. The van der Waals surface area contributed by atoms with Gasteiger partial charge in [0, 0.05) is 36.0 Å². The average molecular weight is 529 g/mol. The second-order valence-corrected chi connectivity index (χ2v) is 11.0. The van der Waals surface area contributed by atoms with Crippen molar-refractivity contribution in [1.82, 2.24) is 4.48 Å². The predicted molar refractivity (Wildman–Crippen MR) is 121 cm³/mol. The first-order valence-electron chi connectivity index (χ1n) is 9.95. The summed E-state index contributed by atoms with van der Waals surface area (Å²) >= 11 is 0. The van der Waals surface area contributed by atoms with Gasteiger partial charge in [0.25, 0.3) is 15.8 Å². The minimum Gasteiger partial charge on any atom is -0.392 e. The molecule has 2 aliphatic heterocycles. The third-order valence-electron chi connectivity index (χ3n) is 6.23. The van der Waals surface area contributed by atoms with Crippen molar-refractivity contribution in [3.05, 3.63) is 73.1 Å². The van der Waals surface area contributed by atoms with Crippen LogP contribution >= 0.6 is 0 Å². The van der Waals surface area contributed by atoms with E-state index in [4.69, 9.17) is 0 Å². The van der Waals surface area contributed by atoms with Crippen LogP contribution in [0.3, 0.4) is 0 Å². The Morgan fingerprint density at radius 2 is 1.54 bits per heavy atom. The van der Waals surface area contributed by atoms with Gasteiger partial charge in [0.1, 0.15) is 4.90 Å². The minimum absolute atomic E-state index is 0.0568. The lowest BCUT2D eigenvalue weighted by atomic mass is 9.84. The molecule has 186 valence electrons. The lowest BCUT2D eigenvalue weighted by molar-refractivity contribution is -0.384. The highest BCUT2D eigenvalue weighted by Gasteiger charge is 2.58. The first-order chi connectivity index (χ1) is 15.9. The Balaban J connectivity index is 2.27. The highest BCUT2D eigenvalue weighted by molar-refractivity contribution is 7.91. The van der Waals surface area contributed by atoms with E-state index in [1.807, 2.05) is 0 Å². The van der Waals surface area contributed by atoms with E-state index in [1.54, 1.807) is 0 Å². The lowest BCUT2D eigenvalue weighted by Crippen LogP contribution is -2.51. The Labute approximate surface area is 198 Å². The number of hydrogen-bond donors (Lipinski definition) is 2. The van der Waals surface area contributed by atoms with Gasteiger partial charge in [-0.25, -0.2) is 0 Å². The largest absolute Gasteiger partial charge is 0.737 e. The zero-order valence-electron chi connectivity index (χ0n) is 18.6. The molecule has 0 spiro atoms. The summed E-state index contributed by atoms with van der Waals surface area (Å²) in [5.41, 5.74) is -2.29. The van der Waals surface area contributed by atoms with Crippen LogP contribution in [0.15, 0.2) is 45.3 Å². The first kappa shape index (κ1) is 24.9. The summed E-state index contributed by atoms with van der Waals surface area (Å²) in [6, 6.07) is 4.72. The van der Waals surface area contributed by atoms with Crippen LogP contribution in [0.25, 0.3) is 5.57 Å². The van der Waals surface area contributed by atoms with Crippen LogP contribution in [-0.2, 0) is 20.2 Å². The Bertz CT molecular complexity index is 1670. The average Bonchev–Trinajstić information content (AvgIpc) is 3.13. The second-order valence-electron chi connectivity index (χ2n) is 8.23. The molecule has 0 fully saturated rings. The topological polar surface area (TPSA) is 160 Å². The number of nitro benzene ring substituents is 1. The van der Waals surface area contributed by atoms with Crippen LogP contribution in [0.4, 0.5) is 14.3 Å². The van der Waals surface area contributed by atoms with Crippen molar-refractivity contribution in [1.29, 1.82) is 0 Å². The number of hydrogen-bond acceptors (Lipinski definition) is 6. The summed E-state index contributed by atoms with van der Waals surface area (Å²) in [6.07, 6.45) is 0. The van der Waals surface area contributed by atoms with Crippen molar-refractivity contribution in [2.45, 2.75) is 32.6 Å². The van der Waals surface area contributed by atoms with Gasteiger partial charge in [-0.2, -0.15) is 16.8 Å². The highest BCUT2D eigenvalue weighted by Crippen LogP contribution is 2.48. The Morgan fingerprint density at radius 1 is 1.00 bits per heavy atom. The predicted octanol–water partition coefficient (Wildman–Crippen LogP) is 2.90. The first-order valence-corrected chi connectivity index (χ1v) is 12.8. The zero-order chi connectivity index (χ0) is 26.4. The highest BCUT2D eigenvalue weighted by atomic mass is 32.2. The molecule has 0 atom stereocenters.